The van der Waals surface area contributed by atoms with Gasteiger partial charge in [-0.15, -0.1) is 0 Å². The molecule has 2 rings (SSSR count). The Labute approximate surface area is 118 Å². The van der Waals surface area contributed by atoms with Crippen molar-refractivity contribution in [1.29, 1.82) is 0 Å². The van der Waals surface area contributed by atoms with Crippen molar-refractivity contribution in [2.75, 3.05) is 13.1 Å². The van der Waals surface area contributed by atoms with Gasteiger partial charge < -0.3 is 10.6 Å². The third kappa shape index (κ3) is 3.92. The summed E-state index contributed by atoms with van der Waals surface area (Å²) in [5, 5.41) is 6.45. The quantitative estimate of drug-likeness (QED) is 0.642. The molecule has 0 aromatic heterocycles. The van der Waals surface area contributed by atoms with E-state index in [-0.39, 0.29) is 12.0 Å². The van der Waals surface area contributed by atoms with Gasteiger partial charge in [0.05, 0.1) is 0 Å². The van der Waals surface area contributed by atoms with Gasteiger partial charge in [0, 0.05) is 24.7 Å². The average Bonchev–Trinajstić information content (AvgIpc) is 3.08. The molecule has 1 aromatic carbocycles. The first kappa shape index (κ1) is 14.8. The van der Waals surface area contributed by atoms with Gasteiger partial charge in [-0.1, -0.05) is 13.0 Å². The number of nitrogens with zero attached hydrogens (tertiary/aromatic N) is 1. The van der Waals surface area contributed by atoms with Crippen molar-refractivity contribution in [2.24, 2.45) is 10.9 Å². The highest BCUT2D eigenvalue weighted by atomic mass is 19.1. The van der Waals surface area contributed by atoms with Crippen molar-refractivity contribution in [3.8, 4) is 0 Å². The predicted octanol–water partition coefficient (Wildman–Crippen LogP) is 2.47. The molecule has 0 saturated heterocycles. The zero-order valence-corrected chi connectivity index (χ0v) is 11.9. The highest BCUT2D eigenvalue weighted by Crippen LogP contribution is 2.28. The number of rotatable bonds is 5. The zero-order valence-electron chi connectivity index (χ0n) is 11.9. The molecule has 1 aliphatic rings. The molecule has 1 saturated carbocycles. The standard InChI is InChI=1S/C15H21F2N3/c1-3-18-15(20-14-9-10(14)2)19-8-7-11-12(16)5-4-6-13(11)17/h4-6,10,14H,3,7-9H2,1-2H3,(H2,18,19,20). The Balaban J connectivity index is 1.92. The van der Waals surface area contributed by atoms with Crippen LogP contribution in [0.2, 0.25) is 0 Å². The molecule has 20 heavy (non-hydrogen) atoms. The van der Waals surface area contributed by atoms with E-state index in [9.17, 15) is 8.78 Å². The van der Waals surface area contributed by atoms with Crippen molar-refractivity contribution in [1.82, 2.24) is 10.6 Å². The number of guanidine groups is 1. The van der Waals surface area contributed by atoms with E-state index in [1.54, 1.807) is 0 Å². The summed E-state index contributed by atoms with van der Waals surface area (Å²) in [5.41, 5.74) is 0.104. The van der Waals surface area contributed by atoms with E-state index >= 15 is 0 Å². The summed E-state index contributed by atoms with van der Waals surface area (Å²) in [4.78, 5) is 4.37. The fourth-order valence-corrected chi connectivity index (χ4v) is 2.07. The minimum Gasteiger partial charge on any atom is -0.357 e. The van der Waals surface area contributed by atoms with Crippen LogP contribution in [0.25, 0.3) is 0 Å². The molecule has 1 aliphatic carbocycles. The monoisotopic (exact) mass is 281 g/mol. The van der Waals surface area contributed by atoms with E-state index in [2.05, 4.69) is 22.5 Å². The average molecular weight is 281 g/mol. The van der Waals surface area contributed by atoms with Gasteiger partial charge in [0.1, 0.15) is 11.6 Å². The lowest BCUT2D eigenvalue weighted by Gasteiger charge is -2.11. The van der Waals surface area contributed by atoms with Crippen LogP contribution in [0.5, 0.6) is 0 Å². The maximum atomic E-state index is 13.5. The molecule has 0 heterocycles. The van der Waals surface area contributed by atoms with E-state index in [4.69, 9.17) is 0 Å². The Morgan fingerprint density at radius 2 is 2.00 bits per heavy atom. The molecule has 2 atom stereocenters. The Hall–Kier alpha value is -1.65. The van der Waals surface area contributed by atoms with Gasteiger partial charge in [0.2, 0.25) is 0 Å². The Morgan fingerprint density at radius 1 is 1.35 bits per heavy atom. The summed E-state index contributed by atoms with van der Waals surface area (Å²) in [7, 11) is 0. The van der Waals surface area contributed by atoms with Crippen molar-refractivity contribution < 1.29 is 8.78 Å². The molecule has 0 aliphatic heterocycles. The van der Waals surface area contributed by atoms with E-state index < -0.39 is 11.6 Å². The number of benzene rings is 1. The van der Waals surface area contributed by atoms with Gasteiger partial charge in [0.25, 0.3) is 0 Å². The number of hydrogen-bond donors (Lipinski definition) is 2. The minimum absolute atomic E-state index is 0.104. The first-order chi connectivity index (χ1) is 9.61. The van der Waals surface area contributed by atoms with Crippen LogP contribution in [0, 0.1) is 17.6 Å². The fraction of sp³-hybridized carbons (Fsp3) is 0.533. The van der Waals surface area contributed by atoms with Crippen LogP contribution >= 0.6 is 0 Å². The SMILES string of the molecule is CCNC(=NCCc1c(F)cccc1F)NC1CC1C. The molecule has 2 unspecified atom stereocenters. The molecule has 0 bridgehead atoms. The van der Waals surface area contributed by atoms with Gasteiger partial charge in [-0.2, -0.15) is 0 Å². The largest absolute Gasteiger partial charge is 0.357 e. The number of aliphatic imine (C=N–C) groups is 1. The summed E-state index contributed by atoms with van der Waals surface area (Å²) in [5.74, 6) is 0.379. The normalized spacial score (nSPS) is 21.7. The Morgan fingerprint density at radius 3 is 2.55 bits per heavy atom. The van der Waals surface area contributed by atoms with Crippen LogP contribution in [0.15, 0.2) is 23.2 Å². The van der Waals surface area contributed by atoms with E-state index in [1.807, 2.05) is 6.92 Å². The molecule has 0 amide bonds. The highest BCUT2D eigenvalue weighted by Gasteiger charge is 2.33. The van der Waals surface area contributed by atoms with Gasteiger partial charge in [-0.05, 0) is 37.8 Å². The number of nitrogens with one attached hydrogen (secondary N) is 2. The lowest BCUT2D eigenvalue weighted by Crippen LogP contribution is -2.39. The minimum atomic E-state index is -0.506. The van der Waals surface area contributed by atoms with Crippen LogP contribution in [0.3, 0.4) is 0 Å². The Bertz CT molecular complexity index is 468. The van der Waals surface area contributed by atoms with Gasteiger partial charge in [-0.3, -0.25) is 4.99 Å². The lowest BCUT2D eigenvalue weighted by atomic mass is 10.1. The van der Waals surface area contributed by atoms with E-state index in [1.165, 1.54) is 18.2 Å². The summed E-state index contributed by atoms with van der Waals surface area (Å²) in [6.45, 7) is 5.29. The van der Waals surface area contributed by atoms with Gasteiger partial charge in [0.15, 0.2) is 5.96 Å². The van der Waals surface area contributed by atoms with Crippen LogP contribution in [-0.4, -0.2) is 25.1 Å². The second-order valence-corrected chi connectivity index (χ2v) is 5.17. The second-order valence-electron chi connectivity index (χ2n) is 5.17. The molecule has 0 spiro atoms. The lowest BCUT2D eigenvalue weighted by molar-refractivity contribution is 0.555. The molecule has 3 nitrogen and oxygen atoms in total. The van der Waals surface area contributed by atoms with Crippen molar-refractivity contribution in [3.05, 3.63) is 35.4 Å². The maximum Gasteiger partial charge on any atom is 0.191 e. The molecule has 1 aromatic rings. The summed E-state index contributed by atoms with van der Waals surface area (Å²) < 4.78 is 26.9. The second kappa shape index (κ2) is 6.68. The molecule has 110 valence electrons. The van der Waals surface area contributed by atoms with E-state index in [0.717, 1.165) is 18.9 Å². The molecular formula is C15H21F2N3. The van der Waals surface area contributed by atoms with Crippen LogP contribution < -0.4 is 10.6 Å². The third-order valence-corrected chi connectivity index (χ3v) is 3.47. The summed E-state index contributed by atoms with van der Waals surface area (Å²) >= 11 is 0. The molecule has 2 N–H and O–H groups in total. The Kier molecular flexibility index (Phi) is 4.93. The van der Waals surface area contributed by atoms with Crippen molar-refractivity contribution in [2.45, 2.75) is 32.7 Å². The third-order valence-electron chi connectivity index (χ3n) is 3.47. The summed E-state index contributed by atoms with van der Waals surface area (Å²) in [6, 6.07) is 4.39. The maximum absolute atomic E-state index is 13.5. The molecule has 0 radical (unpaired) electrons. The van der Waals surface area contributed by atoms with Crippen molar-refractivity contribution in [3.63, 3.8) is 0 Å². The number of hydrogen-bond acceptors (Lipinski definition) is 1. The summed E-state index contributed by atoms with van der Waals surface area (Å²) in [6.07, 6.45) is 1.40. The molecule has 1 fully saturated rings. The zero-order chi connectivity index (χ0) is 14.5. The van der Waals surface area contributed by atoms with Crippen LogP contribution in [0.1, 0.15) is 25.8 Å². The smallest absolute Gasteiger partial charge is 0.191 e. The molecular weight excluding hydrogens is 260 g/mol. The fourth-order valence-electron chi connectivity index (χ4n) is 2.07. The van der Waals surface area contributed by atoms with Crippen LogP contribution in [-0.2, 0) is 6.42 Å². The van der Waals surface area contributed by atoms with E-state index in [0.29, 0.717) is 18.5 Å². The van der Waals surface area contributed by atoms with Crippen molar-refractivity contribution >= 4 is 5.96 Å². The van der Waals surface area contributed by atoms with Gasteiger partial charge >= 0.3 is 0 Å². The topological polar surface area (TPSA) is 36.4 Å². The highest BCUT2D eigenvalue weighted by molar-refractivity contribution is 5.80. The predicted molar refractivity (Wildman–Crippen MR) is 76.7 cm³/mol. The molecule has 5 heteroatoms. The first-order valence-electron chi connectivity index (χ1n) is 7.09. The number of halogens is 2. The van der Waals surface area contributed by atoms with Gasteiger partial charge in [-0.25, -0.2) is 8.78 Å². The first-order valence-corrected chi connectivity index (χ1v) is 7.09. The van der Waals surface area contributed by atoms with Crippen LogP contribution in [0.4, 0.5) is 8.78 Å².